The molecule has 1 aliphatic heterocycles. The van der Waals surface area contributed by atoms with E-state index in [1.165, 1.54) is 22.2 Å². The number of carboxylic acids is 1. The predicted octanol–water partition coefficient (Wildman–Crippen LogP) is 7.36. The van der Waals surface area contributed by atoms with Crippen LogP contribution in [0.3, 0.4) is 0 Å². The summed E-state index contributed by atoms with van der Waals surface area (Å²) in [5.74, 6) is 0.212. The summed E-state index contributed by atoms with van der Waals surface area (Å²) in [6, 6.07) is 8.87. The minimum absolute atomic E-state index is 0.0215. The zero-order valence-corrected chi connectivity index (χ0v) is 25.7. The topological polar surface area (TPSA) is 56.7 Å². The normalized spacial score (nSPS) is 23.3. The van der Waals surface area contributed by atoms with Crippen molar-refractivity contribution in [3.63, 3.8) is 0 Å². The molecule has 2 aromatic heterocycles. The van der Waals surface area contributed by atoms with Crippen LogP contribution in [0.2, 0.25) is 0 Å². The van der Waals surface area contributed by atoms with Crippen LogP contribution in [-0.4, -0.2) is 64.6 Å². The second-order valence-electron chi connectivity index (χ2n) is 12.0. The summed E-state index contributed by atoms with van der Waals surface area (Å²) in [6.07, 6.45) is 5.04. The molecular weight excluding hydrogens is 542 g/mol. The van der Waals surface area contributed by atoms with E-state index < -0.39 is 12.0 Å². The molecule has 0 bridgehead atoms. The molecule has 40 heavy (non-hydrogen) atoms. The third-order valence-electron chi connectivity index (χ3n) is 9.13. The number of aryl methyl sites for hydroxylation is 1. The van der Waals surface area contributed by atoms with Crippen molar-refractivity contribution < 1.29 is 14.3 Å². The highest BCUT2D eigenvalue weighted by Crippen LogP contribution is 2.44. The Hall–Kier alpha value is -2.13. The molecule has 8 heteroatoms. The molecule has 0 amide bonds. The number of carboxylic acid groups (broad SMARTS) is 1. The van der Waals surface area contributed by atoms with Crippen LogP contribution in [0.4, 0.5) is 4.39 Å². The molecule has 1 saturated carbocycles. The first-order chi connectivity index (χ1) is 19.2. The maximum atomic E-state index is 14.3. The molecule has 3 unspecified atom stereocenters. The van der Waals surface area contributed by atoms with Gasteiger partial charge < -0.3 is 10.0 Å². The second-order valence-corrected chi connectivity index (χ2v) is 13.8. The van der Waals surface area contributed by atoms with Crippen molar-refractivity contribution in [2.45, 2.75) is 76.8 Å². The molecule has 5 rings (SSSR count). The van der Waals surface area contributed by atoms with E-state index in [-0.39, 0.29) is 23.7 Å². The van der Waals surface area contributed by atoms with Crippen molar-refractivity contribution in [2.75, 3.05) is 26.7 Å². The van der Waals surface area contributed by atoms with Crippen molar-refractivity contribution in [1.82, 2.24) is 14.8 Å². The van der Waals surface area contributed by atoms with Gasteiger partial charge in [-0.15, -0.1) is 11.3 Å². The number of hydrogen-bond donors (Lipinski definition) is 1. The summed E-state index contributed by atoms with van der Waals surface area (Å²) >= 11 is 3.60. The summed E-state index contributed by atoms with van der Waals surface area (Å²) in [6.45, 7) is 9.24. The van der Waals surface area contributed by atoms with Gasteiger partial charge in [-0.2, -0.15) is 11.3 Å². The van der Waals surface area contributed by atoms with E-state index in [9.17, 15) is 14.3 Å². The van der Waals surface area contributed by atoms with Crippen molar-refractivity contribution >= 4 is 28.6 Å². The first kappa shape index (κ1) is 29.4. The SMILES string of the molecule is CCc1nc(-c2ccsc2)sc1C1CCN(CC2CC(N(C)[C@@H](C(=O)O)C(C)C)CC2c2cccc(F)c2)CC1. The quantitative estimate of drug-likeness (QED) is 0.270. The summed E-state index contributed by atoms with van der Waals surface area (Å²) in [7, 11) is 1.96. The van der Waals surface area contributed by atoms with Gasteiger partial charge in [0, 0.05) is 28.4 Å². The lowest BCUT2D eigenvalue weighted by atomic mass is 9.87. The number of aromatic nitrogens is 1. The van der Waals surface area contributed by atoms with Crippen LogP contribution < -0.4 is 0 Å². The largest absolute Gasteiger partial charge is 0.480 e. The Labute approximate surface area is 246 Å². The van der Waals surface area contributed by atoms with Gasteiger partial charge in [-0.1, -0.05) is 32.9 Å². The smallest absolute Gasteiger partial charge is 0.321 e. The molecule has 4 atom stereocenters. The zero-order valence-electron chi connectivity index (χ0n) is 24.1. The van der Waals surface area contributed by atoms with E-state index in [1.54, 1.807) is 17.4 Å². The van der Waals surface area contributed by atoms with Crippen molar-refractivity contribution in [1.29, 1.82) is 0 Å². The standard InChI is InChI=1S/C32H42FN3O2S2/c1-5-28-30(40-31(34-28)23-11-14-39-19-23)21-9-12-36(13-10-21)18-24-16-26(35(4)29(20(2)3)32(37)38)17-27(24)22-7-6-8-25(33)15-22/h6-8,11,14-15,19-21,24,26-27,29H,5,9-10,12-13,16-18H2,1-4H3,(H,37,38)/t24?,26?,27?,29-/m1/s1. The van der Waals surface area contributed by atoms with Crippen molar-refractivity contribution in [3.8, 4) is 10.6 Å². The molecule has 0 radical (unpaired) electrons. The van der Waals surface area contributed by atoms with Gasteiger partial charge in [0.2, 0.25) is 0 Å². The lowest BCUT2D eigenvalue weighted by Gasteiger charge is -2.35. The average molecular weight is 584 g/mol. The Morgan fingerprint density at radius 1 is 1.23 bits per heavy atom. The van der Waals surface area contributed by atoms with Crippen LogP contribution >= 0.6 is 22.7 Å². The average Bonchev–Trinajstić information content (AvgIpc) is 3.68. The van der Waals surface area contributed by atoms with Crippen LogP contribution in [-0.2, 0) is 11.2 Å². The van der Waals surface area contributed by atoms with Crippen LogP contribution in [0, 0.1) is 17.7 Å². The molecule has 1 N–H and O–H groups in total. The number of hydrogen-bond acceptors (Lipinski definition) is 6. The Morgan fingerprint density at radius 2 is 2.00 bits per heavy atom. The van der Waals surface area contributed by atoms with Crippen LogP contribution in [0.25, 0.3) is 10.6 Å². The maximum Gasteiger partial charge on any atom is 0.321 e. The van der Waals surface area contributed by atoms with Gasteiger partial charge in [0.05, 0.1) is 5.69 Å². The number of likely N-dealkylation sites (N-methyl/N-ethyl adjacent to an activating group) is 1. The molecule has 1 aromatic carbocycles. The molecule has 3 aromatic rings. The Morgan fingerprint density at radius 3 is 2.62 bits per heavy atom. The van der Waals surface area contributed by atoms with Gasteiger partial charge in [-0.05, 0) is 105 Å². The fourth-order valence-corrected chi connectivity index (χ4v) is 9.12. The first-order valence-corrected chi connectivity index (χ1v) is 16.5. The fraction of sp³-hybridized carbons (Fsp3) is 0.562. The van der Waals surface area contributed by atoms with Gasteiger partial charge in [0.15, 0.2) is 0 Å². The summed E-state index contributed by atoms with van der Waals surface area (Å²) in [5, 5.41) is 15.4. The number of nitrogens with zero attached hydrogens (tertiary/aromatic N) is 3. The maximum absolute atomic E-state index is 14.3. The fourth-order valence-electron chi connectivity index (χ4n) is 7.09. The lowest BCUT2D eigenvalue weighted by Crippen LogP contribution is -2.47. The number of thiophene rings is 1. The Kier molecular flexibility index (Phi) is 9.40. The number of piperidine rings is 1. The third kappa shape index (κ3) is 6.35. The summed E-state index contributed by atoms with van der Waals surface area (Å²) in [4.78, 5) is 23.2. The van der Waals surface area contributed by atoms with E-state index in [0.717, 1.165) is 62.3 Å². The molecule has 2 fully saturated rings. The number of benzene rings is 1. The lowest BCUT2D eigenvalue weighted by molar-refractivity contribution is -0.145. The van der Waals surface area contributed by atoms with Gasteiger partial charge in [0.1, 0.15) is 16.9 Å². The van der Waals surface area contributed by atoms with E-state index >= 15 is 0 Å². The highest BCUT2D eigenvalue weighted by molar-refractivity contribution is 7.15. The zero-order chi connectivity index (χ0) is 28.4. The van der Waals surface area contributed by atoms with Gasteiger partial charge >= 0.3 is 5.97 Å². The first-order valence-electron chi connectivity index (χ1n) is 14.7. The van der Waals surface area contributed by atoms with E-state index in [2.05, 4.69) is 33.6 Å². The molecule has 1 aliphatic carbocycles. The number of likely N-dealkylation sites (tertiary alicyclic amines) is 1. The highest BCUT2D eigenvalue weighted by atomic mass is 32.1. The van der Waals surface area contributed by atoms with Crippen LogP contribution in [0.5, 0.6) is 0 Å². The Bertz CT molecular complexity index is 1270. The molecule has 0 spiro atoms. The third-order valence-corrected chi connectivity index (χ3v) is 11.1. The number of thiazole rings is 1. The monoisotopic (exact) mass is 583 g/mol. The summed E-state index contributed by atoms with van der Waals surface area (Å²) in [5.41, 5.74) is 3.54. The van der Waals surface area contributed by atoms with Gasteiger partial charge in [-0.3, -0.25) is 9.69 Å². The minimum atomic E-state index is -0.762. The molecule has 2 aliphatic rings. The molecular formula is C32H42FN3O2S2. The Balaban J connectivity index is 1.28. The number of rotatable bonds is 10. The predicted molar refractivity (Wildman–Crippen MR) is 163 cm³/mol. The second kappa shape index (κ2) is 12.8. The number of halogens is 1. The van der Waals surface area contributed by atoms with Crippen LogP contribution in [0.15, 0.2) is 41.1 Å². The van der Waals surface area contributed by atoms with E-state index in [0.29, 0.717) is 11.8 Å². The summed E-state index contributed by atoms with van der Waals surface area (Å²) < 4.78 is 14.3. The van der Waals surface area contributed by atoms with Crippen molar-refractivity contribution in [2.24, 2.45) is 11.8 Å². The number of aliphatic carboxylic acids is 1. The van der Waals surface area contributed by atoms with E-state index in [4.69, 9.17) is 4.98 Å². The minimum Gasteiger partial charge on any atom is -0.480 e. The molecule has 1 saturated heterocycles. The van der Waals surface area contributed by atoms with Gasteiger partial charge in [-0.25, -0.2) is 9.37 Å². The molecule has 3 heterocycles. The van der Waals surface area contributed by atoms with Gasteiger partial charge in [0.25, 0.3) is 0 Å². The molecule has 216 valence electrons. The molecule has 5 nitrogen and oxygen atoms in total. The van der Waals surface area contributed by atoms with E-state index in [1.807, 2.05) is 44.4 Å². The van der Waals surface area contributed by atoms with Crippen molar-refractivity contribution in [3.05, 3.63) is 63.0 Å². The van der Waals surface area contributed by atoms with Crippen LogP contribution in [0.1, 0.15) is 74.4 Å². The number of carbonyl (C=O) groups is 1. The highest BCUT2D eigenvalue weighted by Gasteiger charge is 2.42.